The average Bonchev–Trinajstić information content (AvgIpc) is 2.71. The molecule has 0 bridgehead atoms. The Morgan fingerprint density at radius 1 is 1.14 bits per heavy atom. The highest BCUT2D eigenvalue weighted by Gasteiger charge is 2.19. The number of rotatable bonds is 8. The van der Waals surface area contributed by atoms with Crippen molar-refractivity contribution in [3.63, 3.8) is 0 Å². The summed E-state index contributed by atoms with van der Waals surface area (Å²) in [5.74, 6) is -0.381. The van der Waals surface area contributed by atoms with E-state index in [1.54, 1.807) is 43.1 Å². The fourth-order valence-corrected chi connectivity index (χ4v) is 2.57. The fourth-order valence-electron chi connectivity index (χ4n) is 2.57. The predicted molar refractivity (Wildman–Crippen MR) is 109 cm³/mol. The molecule has 0 atom stereocenters. The second-order valence-electron chi connectivity index (χ2n) is 6.76. The molecule has 2 aromatic carbocycles. The van der Waals surface area contributed by atoms with E-state index in [-0.39, 0.29) is 42.1 Å². The van der Waals surface area contributed by atoms with Crippen LogP contribution in [0.5, 0.6) is 5.75 Å². The molecule has 1 N–H and O–H groups in total. The quantitative estimate of drug-likeness (QED) is 0.541. The maximum Gasteiger partial charge on any atom is 0.311 e. The molecule has 0 fully saturated rings. The number of benzene rings is 2. The van der Waals surface area contributed by atoms with Gasteiger partial charge in [-0.25, -0.2) is 0 Å². The molecule has 0 saturated heterocycles. The van der Waals surface area contributed by atoms with Crippen LogP contribution < -0.4 is 10.1 Å². The van der Waals surface area contributed by atoms with Crippen molar-refractivity contribution in [3.8, 4) is 5.75 Å². The Balaban J connectivity index is 2.04. The van der Waals surface area contributed by atoms with Crippen LogP contribution in [0.3, 0.4) is 0 Å². The minimum atomic E-state index is -0.578. The van der Waals surface area contributed by atoms with Gasteiger partial charge in [0.15, 0.2) is 5.75 Å². The molecule has 0 heterocycles. The number of carbonyl (C=O) groups excluding carboxylic acids is 2. The molecular formula is C21H25N3O5. The lowest BCUT2D eigenvalue weighted by Crippen LogP contribution is -2.32. The van der Waals surface area contributed by atoms with Gasteiger partial charge in [0, 0.05) is 36.8 Å². The van der Waals surface area contributed by atoms with Crippen molar-refractivity contribution < 1.29 is 19.2 Å². The van der Waals surface area contributed by atoms with Crippen LogP contribution in [0.1, 0.15) is 47.1 Å². The zero-order chi connectivity index (χ0) is 21.6. The summed E-state index contributed by atoms with van der Waals surface area (Å²) in [5, 5.41) is 13.9. The Kier molecular flexibility index (Phi) is 7.30. The van der Waals surface area contributed by atoms with Crippen molar-refractivity contribution in [1.82, 2.24) is 10.2 Å². The highest BCUT2D eigenvalue weighted by molar-refractivity contribution is 5.95. The molecule has 0 aliphatic carbocycles. The lowest BCUT2D eigenvalue weighted by atomic mass is 10.1. The number of nitrogens with zero attached hydrogens (tertiary/aromatic N) is 2. The van der Waals surface area contributed by atoms with Gasteiger partial charge in [-0.05, 0) is 50.6 Å². The predicted octanol–water partition coefficient (Wildman–Crippen LogP) is 3.40. The summed E-state index contributed by atoms with van der Waals surface area (Å²) < 4.78 is 5.22. The maximum atomic E-state index is 12.4. The number of hydrogen-bond acceptors (Lipinski definition) is 5. The minimum Gasteiger partial charge on any atom is -0.487 e. The van der Waals surface area contributed by atoms with E-state index in [9.17, 15) is 19.7 Å². The van der Waals surface area contributed by atoms with Crippen molar-refractivity contribution in [2.75, 3.05) is 13.7 Å². The topological polar surface area (TPSA) is 102 Å². The van der Waals surface area contributed by atoms with Gasteiger partial charge in [-0.1, -0.05) is 12.1 Å². The molecule has 8 heteroatoms. The Labute approximate surface area is 169 Å². The summed E-state index contributed by atoms with van der Waals surface area (Å²) in [7, 11) is 1.75. The van der Waals surface area contributed by atoms with E-state index in [0.29, 0.717) is 5.56 Å². The monoisotopic (exact) mass is 399 g/mol. The number of nitro benzene ring substituents is 1. The van der Waals surface area contributed by atoms with Crippen LogP contribution in [0.2, 0.25) is 0 Å². The van der Waals surface area contributed by atoms with Crippen LogP contribution in [-0.4, -0.2) is 41.3 Å². The van der Waals surface area contributed by atoms with E-state index in [0.717, 1.165) is 5.56 Å². The second-order valence-corrected chi connectivity index (χ2v) is 6.76. The first-order valence-corrected chi connectivity index (χ1v) is 9.30. The molecule has 0 aliphatic rings. The number of ether oxygens (including phenoxy) is 1. The van der Waals surface area contributed by atoms with E-state index in [1.165, 1.54) is 18.2 Å². The second kappa shape index (κ2) is 9.68. The molecule has 29 heavy (non-hydrogen) atoms. The van der Waals surface area contributed by atoms with Gasteiger partial charge in [-0.15, -0.1) is 0 Å². The van der Waals surface area contributed by atoms with Crippen LogP contribution >= 0.6 is 0 Å². The molecule has 0 aliphatic heterocycles. The molecule has 0 spiro atoms. The van der Waals surface area contributed by atoms with Crippen molar-refractivity contribution in [2.45, 2.75) is 33.4 Å². The number of hydrogen-bond donors (Lipinski definition) is 1. The number of nitrogens with one attached hydrogen (secondary N) is 1. The van der Waals surface area contributed by atoms with E-state index >= 15 is 0 Å². The number of amides is 2. The molecule has 154 valence electrons. The average molecular weight is 399 g/mol. The van der Waals surface area contributed by atoms with Crippen LogP contribution in [-0.2, 0) is 6.54 Å². The lowest BCUT2D eigenvalue weighted by molar-refractivity contribution is -0.385. The molecule has 0 saturated carbocycles. The van der Waals surface area contributed by atoms with Crippen LogP contribution in [0, 0.1) is 10.1 Å². The smallest absolute Gasteiger partial charge is 0.311 e. The molecule has 2 amide bonds. The largest absolute Gasteiger partial charge is 0.487 e. The third kappa shape index (κ3) is 5.54. The number of carbonyl (C=O) groups is 2. The van der Waals surface area contributed by atoms with Crippen LogP contribution in [0.15, 0.2) is 42.5 Å². The van der Waals surface area contributed by atoms with Crippen molar-refractivity contribution in [3.05, 3.63) is 69.3 Å². The summed E-state index contributed by atoms with van der Waals surface area (Å²) >= 11 is 0. The highest BCUT2D eigenvalue weighted by Crippen LogP contribution is 2.28. The summed E-state index contributed by atoms with van der Waals surface area (Å²) in [6.45, 7) is 6.12. The highest BCUT2D eigenvalue weighted by atomic mass is 16.6. The van der Waals surface area contributed by atoms with Gasteiger partial charge in [-0.3, -0.25) is 19.7 Å². The first kappa shape index (κ1) is 21.9. The Hall–Kier alpha value is -3.42. The maximum absolute atomic E-state index is 12.4. The molecule has 8 nitrogen and oxygen atoms in total. The SMILES string of the molecule is CCOc1ccc(C(=O)NCc2ccc(C(=O)N(C)C(C)C)cc2)cc1[N+](=O)[O-]. The van der Waals surface area contributed by atoms with Crippen molar-refractivity contribution >= 4 is 17.5 Å². The van der Waals surface area contributed by atoms with E-state index in [1.807, 2.05) is 13.8 Å². The van der Waals surface area contributed by atoms with Crippen molar-refractivity contribution in [2.24, 2.45) is 0 Å². The zero-order valence-corrected chi connectivity index (χ0v) is 17.0. The van der Waals surface area contributed by atoms with E-state index in [4.69, 9.17) is 4.74 Å². The van der Waals surface area contributed by atoms with E-state index in [2.05, 4.69) is 5.32 Å². The summed E-state index contributed by atoms with van der Waals surface area (Å²) in [4.78, 5) is 36.9. The molecular weight excluding hydrogens is 374 g/mol. The van der Waals surface area contributed by atoms with Gasteiger partial charge in [0.2, 0.25) is 0 Å². The van der Waals surface area contributed by atoms with Gasteiger partial charge in [0.25, 0.3) is 11.8 Å². The van der Waals surface area contributed by atoms with Gasteiger partial charge in [-0.2, -0.15) is 0 Å². The van der Waals surface area contributed by atoms with E-state index < -0.39 is 10.8 Å². The molecule has 2 aromatic rings. The van der Waals surface area contributed by atoms with Gasteiger partial charge < -0.3 is 15.0 Å². The number of nitro groups is 1. The lowest BCUT2D eigenvalue weighted by Gasteiger charge is -2.21. The van der Waals surface area contributed by atoms with Crippen LogP contribution in [0.25, 0.3) is 0 Å². The van der Waals surface area contributed by atoms with Gasteiger partial charge in [0.1, 0.15) is 0 Å². The van der Waals surface area contributed by atoms with Crippen molar-refractivity contribution in [1.29, 1.82) is 0 Å². The third-order valence-corrected chi connectivity index (χ3v) is 4.47. The van der Waals surface area contributed by atoms with Gasteiger partial charge >= 0.3 is 5.69 Å². The van der Waals surface area contributed by atoms with Crippen LogP contribution in [0.4, 0.5) is 5.69 Å². The fraction of sp³-hybridized carbons (Fsp3) is 0.333. The molecule has 0 radical (unpaired) electrons. The normalized spacial score (nSPS) is 10.5. The zero-order valence-electron chi connectivity index (χ0n) is 17.0. The first-order valence-electron chi connectivity index (χ1n) is 9.30. The summed E-state index contributed by atoms with van der Waals surface area (Å²) in [6.07, 6.45) is 0. The van der Waals surface area contributed by atoms with Gasteiger partial charge in [0.05, 0.1) is 11.5 Å². The molecule has 0 aromatic heterocycles. The minimum absolute atomic E-state index is 0.0720. The Morgan fingerprint density at radius 3 is 2.31 bits per heavy atom. The molecule has 2 rings (SSSR count). The first-order chi connectivity index (χ1) is 13.7. The Bertz CT molecular complexity index is 894. The Morgan fingerprint density at radius 2 is 1.76 bits per heavy atom. The summed E-state index contributed by atoms with van der Waals surface area (Å²) in [6, 6.07) is 11.2. The third-order valence-electron chi connectivity index (χ3n) is 4.47. The molecule has 0 unspecified atom stereocenters. The summed E-state index contributed by atoms with van der Waals surface area (Å²) in [5.41, 5.74) is 1.29. The standard InChI is InChI=1S/C21H25N3O5/c1-5-29-19-11-10-17(12-18(19)24(27)28)20(25)22-13-15-6-8-16(9-7-15)21(26)23(4)14(2)3/h6-12,14H,5,13H2,1-4H3,(H,22,25).